The molecule has 98 valence electrons. The molecule has 0 aliphatic rings. The van der Waals surface area contributed by atoms with Crippen molar-refractivity contribution in [2.45, 2.75) is 13.5 Å². The summed E-state index contributed by atoms with van der Waals surface area (Å²) in [5.74, 6) is -0.323. The molecule has 4 heteroatoms. The van der Waals surface area contributed by atoms with Crippen LogP contribution in [0.3, 0.4) is 0 Å². The molecule has 2 aromatic carbocycles. The standard InChI is InChI=1S/C15H13BrO3/c1-10-2-4-11(5-3-10)9-19-14-7-6-12(15(17)18)8-13(14)16/h2-8H,9H2,1H3,(H,17,18). The van der Waals surface area contributed by atoms with Gasteiger partial charge < -0.3 is 9.84 Å². The van der Waals surface area contributed by atoms with Gasteiger partial charge in [-0.25, -0.2) is 4.79 Å². The van der Waals surface area contributed by atoms with E-state index >= 15 is 0 Å². The number of aryl methyl sites for hydroxylation is 1. The maximum absolute atomic E-state index is 10.8. The van der Waals surface area contributed by atoms with Crippen LogP contribution < -0.4 is 4.74 Å². The van der Waals surface area contributed by atoms with Crippen LogP contribution in [0.5, 0.6) is 5.75 Å². The van der Waals surface area contributed by atoms with Crippen molar-refractivity contribution in [3.63, 3.8) is 0 Å². The fourth-order valence-electron chi connectivity index (χ4n) is 1.60. The highest BCUT2D eigenvalue weighted by Gasteiger charge is 2.07. The van der Waals surface area contributed by atoms with Crippen LogP contribution in [0.25, 0.3) is 0 Å². The minimum absolute atomic E-state index is 0.231. The third-order valence-corrected chi connectivity index (χ3v) is 3.31. The summed E-state index contributed by atoms with van der Waals surface area (Å²) in [6.07, 6.45) is 0. The second-order valence-electron chi connectivity index (χ2n) is 4.22. The molecule has 0 aliphatic heterocycles. The highest BCUT2D eigenvalue weighted by atomic mass is 79.9. The summed E-state index contributed by atoms with van der Waals surface area (Å²) >= 11 is 3.31. The fourth-order valence-corrected chi connectivity index (χ4v) is 2.09. The molecule has 0 saturated carbocycles. The second-order valence-corrected chi connectivity index (χ2v) is 5.08. The third-order valence-electron chi connectivity index (χ3n) is 2.69. The lowest BCUT2D eigenvalue weighted by molar-refractivity contribution is 0.0696. The van der Waals surface area contributed by atoms with Gasteiger partial charge in [0.15, 0.2) is 0 Å². The quantitative estimate of drug-likeness (QED) is 0.924. The minimum Gasteiger partial charge on any atom is -0.488 e. The van der Waals surface area contributed by atoms with Gasteiger partial charge in [0, 0.05) is 0 Å². The molecule has 3 nitrogen and oxygen atoms in total. The maximum Gasteiger partial charge on any atom is 0.335 e. The lowest BCUT2D eigenvalue weighted by Crippen LogP contribution is -1.99. The van der Waals surface area contributed by atoms with E-state index in [9.17, 15) is 4.79 Å². The molecule has 0 bridgehead atoms. The van der Waals surface area contributed by atoms with E-state index in [0.29, 0.717) is 16.8 Å². The lowest BCUT2D eigenvalue weighted by atomic mass is 10.2. The van der Waals surface area contributed by atoms with Crippen molar-refractivity contribution in [2.75, 3.05) is 0 Å². The summed E-state index contributed by atoms with van der Waals surface area (Å²) in [5, 5.41) is 8.87. The van der Waals surface area contributed by atoms with E-state index in [-0.39, 0.29) is 5.56 Å². The van der Waals surface area contributed by atoms with E-state index in [4.69, 9.17) is 9.84 Å². The highest BCUT2D eigenvalue weighted by molar-refractivity contribution is 9.10. The van der Waals surface area contributed by atoms with Crippen molar-refractivity contribution >= 4 is 21.9 Å². The van der Waals surface area contributed by atoms with E-state index in [1.165, 1.54) is 17.7 Å². The van der Waals surface area contributed by atoms with Crippen LogP contribution in [-0.4, -0.2) is 11.1 Å². The molecule has 2 rings (SSSR count). The topological polar surface area (TPSA) is 46.5 Å². The first-order valence-electron chi connectivity index (χ1n) is 5.77. The largest absolute Gasteiger partial charge is 0.488 e. The zero-order valence-electron chi connectivity index (χ0n) is 10.4. The summed E-state index contributed by atoms with van der Waals surface area (Å²) in [7, 11) is 0. The minimum atomic E-state index is -0.953. The Morgan fingerprint density at radius 2 is 1.89 bits per heavy atom. The van der Waals surface area contributed by atoms with Crippen LogP contribution in [0.1, 0.15) is 21.5 Å². The van der Waals surface area contributed by atoms with E-state index in [0.717, 1.165) is 5.56 Å². The van der Waals surface area contributed by atoms with Crippen LogP contribution in [0.2, 0.25) is 0 Å². The number of halogens is 1. The Balaban J connectivity index is 2.07. The molecular weight excluding hydrogens is 308 g/mol. The Morgan fingerprint density at radius 3 is 2.47 bits per heavy atom. The molecule has 19 heavy (non-hydrogen) atoms. The van der Waals surface area contributed by atoms with Crippen LogP contribution in [0.15, 0.2) is 46.9 Å². The van der Waals surface area contributed by atoms with E-state index < -0.39 is 5.97 Å². The average Bonchev–Trinajstić information content (AvgIpc) is 2.39. The number of hydrogen-bond donors (Lipinski definition) is 1. The number of ether oxygens (including phenoxy) is 1. The molecule has 0 aliphatic carbocycles. The van der Waals surface area contributed by atoms with Gasteiger partial charge in [0.25, 0.3) is 0 Å². The molecule has 0 spiro atoms. The summed E-state index contributed by atoms with van der Waals surface area (Å²) in [5.41, 5.74) is 2.50. The number of aromatic carboxylic acids is 1. The van der Waals surface area contributed by atoms with Crippen LogP contribution in [-0.2, 0) is 6.61 Å². The molecule has 0 amide bonds. The number of rotatable bonds is 4. The van der Waals surface area contributed by atoms with Crippen molar-refractivity contribution in [2.24, 2.45) is 0 Å². The van der Waals surface area contributed by atoms with E-state index in [2.05, 4.69) is 15.9 Å². The molecule has 0 fully saturated rings. The van der Waals surface area contributed by atoms with Gasteiger partial charge >= 0.3 is 5.97 Å². The van der Waals surface area contributed by atoms with Crippen molar-refractivity contribution in [3.05, 3.63) is 63.6 Å². The zero-order valence-corrected chi connectivity index (χ0v) is 12.0. The normalized spacial score (nSPS) is 10.2. The monoisotopic (exact) mass is 320 g/mol. The molecule has 0 atom stereocenters. The smallest absolute Gasteiger partial charge is 0.335 e. The molecule has 0 unspecified atom stereocenters. The summed E-state index contributed by atoms with van der Waals surface area (Å²) in [6, 6.07) is 12.8. The molecule has 0 radical (unpaired) electrons. The van der Waals surface area contributed by atoms with Gasteiger partial charge in [-0.1, -0.05) is 29.8 Å². The van der Waals surface area contributed by atoms with Crippen molar-refractivity contribution in [3.8, 4) is 5.75 Å². The predicted octanol–water partition coefficient (Wildman–Crippen LogP) is 4.03. The molecule has 0 saturated heterocycles. The van der Waals surface area contributed by atoms with Gasteiger partial charge in [0.1, 0.15) is 12.4 Å². The number of benzene rings is 2. The van der Waals surface area contributed by atoms with Crippen molar-refractivity contribution in [1.29, 1.82) is 0 Å². The van der Waals surface area contributed by atoms with E-state index in [1.54, 1.807) is 6.07 Å². The Hall–Kier alpha value is -1.81. The van der Waals surface area contributed by atoms with Gasteiger partial charge in [-0.05, 0) is 46.6 Å². The summed E-state index contributed by atoms with van der Waals surface area (Å²) in [6.45, 7) is 2.48. The first-order chi connectivity index (χ1) is 9.06. The first-order valence-corrected chi connectivity index (χ1v) is 6.57. The Morgan fingerprint density at radius 1 is 1.21 bits per heavy atom. The Bertz CT molecular complexity index is 591. The predicted molar refractivity (Wildman–Crippen MR) is 76.6 cm³/mol. The number of carboxylic acid groups (broad SMARTS) is 1. The SMILES string of the molecule is Cc1ccc(COc2ccc(C(=O)O)cc2Br)cc1. The molecule has 1 N–H and O–H groups in total. The molecular formula is C15H13BrO3. The highest BCUT2D eigenvalue weighted by Crippen LogP contribution is 2.26. The van der Waals surface area contributed by atoms with Crippen molar-refractivity contribution in [1.82, 2.24) is 0 Å². The van der Waals surface area contributed by atoms with Gasteiger partial charge in [-0.2, -0.15) is 0 Å². The van der Waals surface area contributed by atoms with Crippen LogP contribution >= 0.6 is 15.9 Å². The van der Waals surface area contributed by atoms with E-state index in [1.807, 2.05) is 31.2 Å². The number of carboxylic acids is 1. The number of carbonyl (C=O) groups is 1. The van der Waals surface area contributed by atoms with Crippen LogP contribution in [0.4, 0.5) is 0 Å². The fraction of sp³-hybridized carbons (Fsp3) is 0.133. The third kappa shape index (κ3) is 3.58. The second kappa shape index (κ2) is 5.89. The summed E-state index contributed by atoms with van der Waals surface area (Å²) in [4.78, 5) is 10.8. The zero-order chi connectivity index (χ0) is 13.8. The number of hydrogen-bond acceptors (Lipinski definition) is 2. The van der Waals surface area contributed by atoms with Crippen LogP contribution in [0, 0.1) is 6.92 Å². The van der Waals surface area contributed by atoms with Gasteiger partial charge in [0.05, 0.1) is 10.0 Å². The molecule has 0 heterocycles. The lowest BCUT2D eigenvalue weighted by Gasteiger charge is -2.09. The van der Waals surface area contributed by atoms with Gasteiger partial charge in [-0.3, -0.25) is 0 Å². The first kappa shape index (κ1) is 13.6. The Kier molecular flexibility index (Phi) is 4.22. The van der Waals surface area contributed by atoms with Gasteiger partial charge in [0.2, 0.25) is 0 Å². The maximum atomic E-state index is 10.8. The Labute approximate surface area is 120 Å². The molecule has 0 aromatic heterocycles. The van der Waals surface area contributed by atoms with Gasteiger partial charge in [-0.15, -0.1) is 0 Å². The summed E-state index contributed by atoms with van der Waals surface area (Å²) < 4.78 is 6.30. The van der Waals surface area contributed by atoms with Crippen molar-refractivity contribution < 1.29 is 14.6 Å². The molecule has 2 aromatic rings. The average molecular weight is 321 g/mol.